The molecular weight excluding hydrogens is 1150 g/mol. The number of rotatable bonds is 11. The minimum atomic E-state index is 0.345. The third kappa shape index (κ3) is 36.5. The largest absolute Gasteiger partial charge is 0.469 e. The first-order valence-electron chi connectivity index (χ1n) is 30.3. The summed E-state index contributed by atoms with van der Waals surface area (Å²) >= 11 is 3.33. The van der Waals surface area contributed by atoms with Crippen LogP contribution in [0.4, 0.5) is 0 Å². The second-order valence-corrected chi connectivity index (χ2v) is 24.8. The molecule has 0 radical (unpaired) electrons. The molecule has 0 spiro atoms. The molecule has 0 bridgehead atoms. The molecule has 0 amide bonds. The summed E-state index contributed by atoms with van der Waals surface area (Å²) in [5.74, 6) is 9.41. The predicted molar refractivity (Wildman–Crippen MR) is 359 cm³/mol. The fraction of sp³-hybridized carbons (Fsp3) is 0.530. The molecule has 20 nitrogen and oxygen atoms in total. The fourth-order valence-corrected chi connectivity index (χ4v) is 7.40. The molecule has 11 rings (SSSR count). The number of hydrogen-bond donors (Lipinski definition) is 1. The highest BCUT2D eigenvalue weighted by Gasteiger charge is 2.06. The van der Waals surface area contributed by atoms with Gasteiger partial charge < -0.3 is 22.2 Å². The van der Waals surface area contributed by atoms with Gasteiger partial charge in [0, 0.05) is 89.1 Å². The number of aromatic nitrogens is 13. The van der Waals surface area contributed by atoms with Crippen LogP contribution >= 0.6 is 22.7 Å². The molecule has 88 heavy (non-hydrogen) atoms. The Bertz CT molecular complexity index is 2410. The number of oxazole rings is 1. The summed E-state index contributed by atoms with van der Waals surface area (Å²) in [6.07, 6.45) is 24.9. The smallest absolute Gasteiger partial charge is 0.228 e. The van der Waals surface area contributed by atoms with Crippen molar-refractivity contribution >= 4 is 34.6 Å². The van der Waals surface area contributed by atoms with E-state index in [1.165, 1.54) is 34.7 Å². The number of furan rings is 2. The van der Waals surface area contributed by atoms with Crippen LogP contribution in [0, 0.1) is 11.8 Å². The van der Waals surface area contributed by atoms with Crippen LogP contribution in [0.25, 0.3) is 0 Å². The van der Waals surface area contributed by atoms with E-state index in [2.05, 4.69) is 200 Å². The molecule has 0 aromatic carbocycles. The zero-order valence-corrected chi connectivity index (χ0v) is 58.1. The Labute approximate surface area is 532 Å². The number of nitrogens with zero attached hydrogens (tertiary/aromatic N) is 14. The van der Waals surface area contributed by atoms with Gasteiger partial charge in [0.25, 0.3) is 0 Å². The van der Waals surface area contributed by atoms with Crippen molar-refractivity contribution in [1.29, 1.82) is 0 Å². The van der Waals surface area contributed by atoms with Gasteiger partial charge in [0.1, 0.15) is 28.3 Å². The van der Waals surface area contributed by atoms with Crippen molar-refractivity contribution in [3.05, 3.63) is 172 Å². The number of nitrogens with one attached hydrogen (secondary N) is 1. The number of H-pyrrole nitrogens is 1. The number of thiazole rings is 1. The Morgan fingerprint density at radius 1 is 0.523 bits per heavy atom. The molecule has 0 saturated heterocycles. The molecule has 2 aliphatic rings. The van der Waals surface area contributed by atoms with Crippen molar-refractivity contribution in [1.82, 2.24) is 65.7 Å². The topological polar surface area (TPSA) is 253 Å². The third-order valence-electron chi connectivity index (χ3n) is 11.4. The van der Waals surface area contributed by atoms with E-state index in [1.807, 2.05) is 95.9 Å². The quantitative estimate of drug-likeness (QED) is 0.126. The van der Waals surface area contributed by atoms with E-state index >= 15 is 0 Å². The normalized spacial score (nSPS) is 11.7. The highest BCUT2D eigenvalue weighted by Crippen LogP contribution is 2.17. The molecule has 484 valence electrons. The van der Waals surface area contributed by atoms with Gasteiger partial charge >= 0.3 is 0 Å². The van der Waals surface area contributed by atoms with Crippen LogP contribution in [0.3, 0.4) is 0 Å². The minimum Gasteiger partial charge on any atom is -0.469 e. The van der Waals surface area contributed by atoms with E-state index in [0.717, 1.165) is 35.5 Å². The Hall–Kier alpha value is -7.59. The van der Waals surface area contributed by atoms with Crippen molar-refractivity contribution in [3.63, 3.8) is 0 Å². The molecule has 9 aromatic rings. The van der Waals surface area contributed by atoms with Crippen molar-refractivity contribution < 1.29 is 22.2 Å². The Kier molecular flexibility index (Phi) is 41.5. The second kappa shape index (κ2) is 46.6. The van der Waals surface area contributed by atoms with Crippen LogP contribution in [0.5, 0.6) is 0 Å². The highest BCUT2D eigenvalue weighted by molar-refractivity contribution is 7.09. The first kappa shape index (κ1) is 78.4. The molecule has 0 fully saturated rings. The van der Waals surface area contributed by atoms with Gasteiger partial charge in [-0.25, -0.2) is 9.97 Å². The van der Waals surface area contributed by atoms with Gasteiger partial charge in [-0.05, 0) is 73.6 Å². The molecule has 0 unspecified atom stereocenters. The molecule has 11 heterocycles. The van der Waals surface area contributed by atoms with Crippen molar-refractivity contribution in [2.24, 2.45) is 21.8 Å². The van der Waals surface area contributed by atoms with E-state index < -0.39 is 0 Å². The maximum atomic E-state index is 5.09. The first-order chi connectivity index (χ1) is 41.8. The summed E-state index contributed by atoms with van der Waals surface area (Å²) in [6, 6.07) is 10.2. The van der Waals surface area contributed by atoms with E-state index in [0.29, 0.717) is 77.0 Å². The zero-order valence-electron chi connectivity index (χ0n) is 56.5. The third-order valence-corrected chi connectivity index (χ3v) is 13.5. The first-order valence-corrected chi connectivity index (χ1v) is 32.0. The van der Waals surface area contributed by atoms with Crippen LogP contribution in [0.15, 0.2) is 160 Å². The van der Waals surface area contributed by atoms with Crippen molar-refractivity contribution in [2.75, 3.05) is 13.1 Å². The van der Waals surface area contributed by atoms with Gasteiger partial charge in [0.15, 0.2) is 12.2 Å². The summed E-state index contributed by atoms with van der Waals surface area (Å²) in [5, 5.41) is 36.8. The molecule has 0 aliphatic carbocycles. The zero-order chi connectivity index (χ0) is 65.8. The Morgan fingerprint density at radius 2 is 1.17 bits per heavy atom. The van der Waals surface area contributed by atoms with Crippen LogP contribution in [0.1, 0.15) is 251 Å². The Balaban J connectivity index is 0.000000484. The van der Waals surface area contributed by atoms with Gasteiger partial charge in [-0.3, -0.25) is 19.8 Å². The van der Waals surface area contributed by atoms with Gasteiger partial charge in [-0.2, -0.15) is 10.1 Å². The van der Waals surface area contributed by atoms with E-state index in [1.54, 1.807) is 70.2 Å². The maximum absolute atomic E-state index is 5.09. The number of aliphatic imine (C=N–C) groups is 2. The summed E-state index contributed by atoms with van der Waals surface area (Å²) in [5.41, 5.74) is 5.58. The second-order valence-electron chi connectivity index (χ2n) is 23.0. The number of aromatic amines is 1. The van der Waals surface area contributed by atoms with E-state index in [-0.39, 0.29) is 0 Å². The lowest BCUT2D eigenvalue weighted by Gasteiger charge is -2.00. The lowest BCUT2D eigenvalue weighted by Crippen LogP contribution is -2.00. The molecule has 22 heteroatoms. The standard InChI is InChI=1S/2C7H11N.2C7H10O.C6H10N2.C6H9NO.C6H9NS.C5H9N3.2C5H8N2O.C5H8N2S/c1-6(2)7-3-4-8-5-7;3*1-6(2)7-4-3-5-8-7;1-5(2)6-3-4-7-8-6;2*1-5(2)6-7-3-4-8-6;1-5(2)8-4-3-6-7-8;1-4(2)5-7-6-3-8-5;1-4(2)5-6-3-7-8-5;1-4(2)5-7-6-3-8-5/h3,5-6H,4H2,1-2H3;3-4,6H,5H2,1-2H3;2*3-6H,1-2H3;3-5H,1-2H3,(H,7,8);3*3-5H,1-2H3;3*3-4H,1-2H3. The van der Waals surface area contributed by atoms with Crippen LogP contribution in [-0.2, 0) is 0 Å². The molecule has 1 N–H and O–H groups in total. The maximum Gasteiger partial charge on any atom is 0.228 e. The monoisotopic (exact) mass is 1250 g/mol. The van der Waals surface area contributed by atoms with Crippen molar-refractivity contribution in [2.45, 2.75) is 206 Å². The average molecular weight is 1250 g/mol. The lowest BCUT2D eigenvalue weighted by atomic mass is 10.1. The fourth-order valence-electron chi connectivity index (χ4n) is 6.18. The lowest BCUT2D eigenvalue weighted by molar-refractivity contribution is 0.364. The summed E-state index contributed by atoms with van der Waals surface area (Å²) in [7, 11) is 0. The van der Waals surface area contributed by atoms with Crippen LogP contribution in [-0.4, -0.2) is 90.7 Å². The van der Waals surface area contributed by atoms with Gasteiger partial charge in [0.2, 0.25) is 18.2 Å². The SMILES string of the molecule is CC(C)C1=CCN=C1.CC(C)C1=NCC=C1.CC(C)c1ccco1.CC(C)c1ccco1.CC(C)c1ccn[nH]1.CC(C)c1ncco1.CC(C)c1nccs1.CC(C)c1ncno1.CC(C)c1nnco1.CC(C)c1nncs1.CC(C)n1ccnn1. The minimum absolute atomic E-state index is 0.345. The summed E-state index contributed by atoms with van der Waals surface area (Å²) < 4.78 is 26.6. The molecular formula is C66H103N15O5S2. The molecule has 9 aromatic heterocycles. The van der Waals surface area contributed by atoms with Gasteiger partial charge in [-0.1, -0.05) is 161 Å². The molecule has 2 aliphatic heterocycles. The Morgan fingerprint density at radius 3 is 1.40 bits per heavy atom. The summed E-state index contributed by atoms with van der Waals surface area (Å²) in [4.78, 5) is 20.2. The van der Waals surface area contributed by atoms with Crippen LogP contribution < -0.4 is 0 Å². The molecule has 0 atom stereocenters. The number of allylic oxidation sites excluding steroid dienone is 2. The van der Waals surface area contributed by atoms with Gasteiger partial charge in [0.05, 0.1) is 43.0 Å². The molecule has 0 saturated carbocycles. The van der Waals surface area contributed by atoms with E-state index in [9.17, 15) is 0 Å². The van der Waals surface area contributed by atoms with Crippen LogP contribution in [0.2, 0.25) is 0 Å². The predicted octanol–water partition coefficient (Wildman–Crippen LogP) is 18.6. The van der Waals surface area contributed by atoms with Gasteiger partial charge in [-0.15, -0.1) is 48.2 Å². The average Bonchev–Trinajstić information content (AvgIpc) is 4.34. The number of hydrogen-bond acceptors (Lipinski definition) is 20. The summed E-state index contributed by atoms with van der Waals surface area (Å²) in [6.45, 7) is 48.0. The van der Waals surface area contributed by atoms with E-state index in [4.69, 9.17) is 22.2 Å². The highest BCUT2D eigenvalue weighted by atomic mass is 32.1. The van der Waals surface area contributed by atoms with Crippen molar-refractivity contribution in [3.8, 4) is 0 Å².